The maximum Gasteiger partial charge on any atom is 0.234 e. The van der Waals surface area contributed by atoms with Crippen LogP contribution in [0.3, 0.4) is 0 Å². The van der Waals surface area contributed by atoms with Crippen LogP contribution in [0.15, 0.2) is 0 Å². The lowest BCUT2D eigenvalue weighted by atomic mass is 10.1. The lowest BCUT2D eigenvalue weighted by Gasteiger charge is -2.26. The minimum atomic E-state index is -0.696. The number of likely N-dealkylation sites (tertiary alicyclic amines) is 1. The van der Waals surface area contributed by atoms with Crippen molar-refractivity contribution < 1.29 is 9.59 Å². The van der Waals surface area contributed by atoms with Gasteiger partial charge in [-0.25, -0.2) is 0 Å². The molecule has 1 atom stereocenters. The highest BCUT2D eigenvalue weighted by Gasteiger charge is 2.18. The number of carbonyl (C=O) groups excluding carboxylic acids is 2. The van der Waals surface area contributed by atoms with Gasteiger partial charge in [0.05, 0.1) is 6.04 Å². The van der Waals surface area contributed by atoms with Crippen molar-refractivity contribution in [2.45, 2.75) is 38.1 Å². The predicted molar refractivity (Wildman–Crippen MR) is 56.8 cm³/mol. The second-order valence-corrected chi connectivity index (χ2v) is 3.99. The third-order valence-electron chi connectivity index (χ3n) is 2.74. The number of piperidine rings is 1. The summed E-state index contributed by atoms with van der Waals surface area (Å²) in [5.74, 6) is -0.451. The Morgan fingerprint density at radius 3 is 2.33 bits per heavy atom. The number of amides is 2. The first kappa shape index (κ1) is 12.0. The molecular weight excluding hydrogens is 194 g/mol. The van der Waals surface area contributed by atoms with Crippen molar-refractivity contribution in [1.82, 2.24) is 4.90 Å². The first-order valence-electron chi connectivity index (χ1n) is 5.44. The molecule has 1 unspecified atom stereocenters. The monoisotopic (exact) mass is 213 g/mol. The Kier molecular flexibility index (Phi) is 4.55. The highest BCUT2D eigenvalue weighted by Crippen LogP contribution is 2.10. The van der Waals surface area contributed by atoms with Gasteiger partial charge in [-0.15, -0.1) is 0 Å². The van der Waals surface area contributed by atoms with Gasteiger partial charge < -0.3 is 16.4 Å². The summed E-state index contributed by atoms with van der Waals surface area (Å²) < 4.78 is 0. The van der Waals surface area contributed by atoms with Crippen molar-refractivity contribution in [2.75, 3.05) is 13.1 Å². The second kappa shape index (κ2) is 5.70. The van der Waals surface area contributed by atoms with E-state index in [2.05, 4.69) is 0 Å². The maximum atomic E-state index is 11.6. The van der Waals surface area contributed by atoms with E-state index in [0.29, 0.717) is 12.8 Å². The van der Waals surface area contributed by atoms with E-state index in [0.717, 1.165) is 25.9 Å². The Bertz CT molecular complexity index is 237. The molecule has 1 heterocycles. The Labute approximate surface area is 89.8 Å². The van der Waals surface area contributed by atoms with Crippen LogP contribution in [-0.4, -0.2) is 35.8 Å². The molecule has 0 spiro atoms. The van der Waals surface area contributed by atoms with Gasteiger partial charge in [-0.1, -0.05) is 0 Å². The fourth-order valence-electron chi connectivity index (χ4n) is 1.72. The van der Waals surface area contributed by atoms with Crippen molar-refractivity contribution in [1.29, 1.82) is 0 Å². The minimum Gasteiger partial charge on any atom is -0.368 e. The SMILES string of the molecule is NC(=O)C(N)CCC(=O)N1CCCCC1. The molecule has 4 N–H and O–H groups in total. The van der Waals surface area contributed by atoms with Crippen molar-refractivity contribution in [2.24, 2.45) is 11.5 Å². The van der Waals surface area contributed by atoms with E-state index in [1.807, 2.05) is 4.90 Å². The normalized spacial score (nSPS) is 18.6. The van der Waals surface area contributed by atoms with Crippen LogP contribution in [0.2, 0.25) is 0 Å². The van der Waals surface area contributed by atoms with Crippen LogP contribution in [0.5, 0.6) is 0 Å². The second-order valence-electron chi connectivity index (χ2n) is 3.99. The third kappa shape index (κ3) is 3.87. The van der Waals surface area contributed by atoms with Gasteiger partial charge in [-0.3, -0.25) is 9.59 Å². The third-order valence-corrected chi connectivity index (χ3v) is 2.74. The summed E-state index contributed by atoms with van der Waals surface area (Å²) in [5, 5.41) is 0. The van der Waals surface area contributed by atoms with E-state index in [1.54, 1.807) is 0 Å². The summed E-state index contributed by atoms with van der Waals surface area (Å²) in [6.45, 7) is 1.68. The lowest BCUT2D eigenvalue weighted by molar-refractivity contribution is -0.132. The van der Waals surface area contributed by atoms with E-state index < -0.39 is 11.9 Å². The van der Waals surface area contributed by atoms with Crippen LogP contribution in [-0.2, 0) is 9.59 Å². The van der Waals surface area contributed by atoms with E-state index in [-0.39, 0.29) is 5.91 Å². The summed E-state index contributed by atoms with van der Waals surface area (Å²) in [7, 11) is 0. The number of nitrogens with two attached hydrogens (primary N) is 2. The number of nitrogens with zero attached hydrogens (tertiary/aromatic N) is 1. The molecule has 5 nitrogen and oxygen atoms in total. The van der Waals surface area contributed by atoms with E-state index >= 15 is 0 Å². The summed E-state index contributed by atoms with van der Waals surface area (Å²) in [5.41, 5.74) is 10.5. The standard InChI is InChI=1S/C10H19N3O2/c11-8(10(12)15)4-5-9(14)13-6-2-1-3-7-13/h8H,1-7,11H2,(H2,12,15). The smallest absolute Gasteiger partial charge is 0.234 e. The van der Waals surface area contributed by atoms with E-state index in [4.69, 9.17) is 11.5 Å². The van der Waals surface area contributed by atoms with Crippen molar-refractivity contribution in [3.8, 4) is 0 Å². The molecule has 1 aliphatic heterocycles. The fraction of sp³-hybridized carbons (Fsp3) is 0.800. The van der Waals surface area contributed by atoms with Gasteiger partial charge in [0.15, 0.2) is 0 Å². The van der Waals surface area contributed by atoms with Gasteiger partial charge in [0.2, 0.25) is 11.8 Å². The molecule has 0 radical (unpaired) electrons. The predicted octanol–water partition coefficient (Wildman–Crippen LogP) is -0.408. The fourth-order valence-corrected chi connectivity index (χ4v) is 1.72. The average molecular weight is 213 g/mol. The zero-order chi connectivity index (χ0) is 11.3. The van der Waals surface area contributed by atoms with Gasteiger partial charge in [-0.05, 0) is 25.7 Å². The molecule has 1 aliphatic rings. The maximum absolute atomic E-state index is 11.6. The van der Waals surface area contributed by atoms with Crippen molar-refractivity contribution in [3.05, 3.63) is 0 Å². The molecule has 0 saturated carbocycles. The molecule has 15 heavy (non-hydrogen) atoms. The lowest BCUT2D eigenvalue weighted by Crippen LogP contribution is -2.39. The highest BCUT2D eigenvalue weighted by molar-refractivity contribution is 5.81. The summed E-state index contributed by atoms with van der Waals surface area (Å²) in [6, 6.07) is -0.696. The molecule has 0 aromatic rings. The molecule has 1 fully saturated rings. The number of rotatable bonds is 4. The van der Waals surface area contributed by atoms with Crippen molar-refractivity contribution >= 4 is 11.8 Å². The molecule has 2 amide bonds. The first-order chi connectivity index (χ1) is 7.11. The Morgan fingerprint density at radius 2 is 1.80 bits per heavy atom. The van der Waals surface area contributed by atoms with Crippen LogP contribution >= 0.6 is 0 Å². The topological polar surface area (TPSA) is 89.4 Å². The summed E-state index contributed by atoms with van der Waals surface area (Å²) in [6.07, 6.45) is 4.03. The molecule has 86 valence electrons. The highest BCUT2D eigenvalue weighted by atomic mass is 16.2. The van der Waals surface area contributed by atoms with Gasteiger partial charge in [0.1, 0.15) is 0 Å². The minimum absolute atomic E-state index is 0.0893. The van der Waals surface area contributed by atoms with E-state index in [9.17, 15) is 9.59 Å². The van der Waals surface area contributed by atoms with Gasteiger partial charge >= 0.3 is 0 Å². The van der Waals surface area contributed by atoms with Crippen LogP contribution < -0.4 is 11.5 Å². The Morgan fingerprint density at radius 1 is 1.20 bits per heavy atom. The number of primary amides is 1. The number of hydrogen-bond donors (Lipinski definition) is 2. The number of carbonyl (C=O) groups is 2. The Balaban J connectivity index is 2.25. The summed E-state index contributed by atoms with van der Waals surface area (Å²) >= 11 is 0. The van der Waals surface area contributed by atoms with E-state index in [1.165, 1.54) is 6.42 Å². The molecule has 0 aliphatic carbocycles. The molecule has 0 aromatic carbocycles. The van der Waals surface area contributed by atoms with Gasteiger partial charge in [-0.2, -0.15) is 0 Å². The molecule has 5 heteroatoms. The molecule has 1 saturated heterocycles. The quantitative estimate of drug-likeness (QED) is 0.665. The van der Waals surface area contributed by atoms with Gasteiger partial charge in [0.25, 0.3) is 0 Å². The van der Waals surface area contributed by atoms with Crippen LogP contribution in [0.1, 0.15) is 32.1 Å². The van der Waals surface area contributed by atoms with Crippen LogP contribution in [0, 0.1) is 0 Å². The van der Waals surface area contributed by atoms with Gasteiger partial charge in [0, 0.05) is 19.5 Å². The summed E-state index contributed by atoms with van der Waals surface area (Å²) in [4.78, 5) is 24.1. The zero-order valence-corrected chi connectivity index (χ0v) is 8.95. The van der Waals surface area contributed by atoms with Crippen LogP contribution in [0.4, 0.5) is 0 Å². The van der Waals surface area contributed by atoms with Crippen molar-refractivity contribution in [3.63, 3.8) is 0 Å². The van der Waals surface area contributed by atoms with Crippen LogP contribution in [0.25, 0.3) is 0 Å². The number of hydrogen-bond acceptors (Lipinski definition) is 3. The molecule has 1 rings (SSSR count). The average Bonchev–Trinajstić information content (AvgIpc) is 2.26. The largest absolute Gasteiger partial charge is 0.368 e. The zero-order valence-electron chi connectivity index (χ0n) is 8.95. The Hall–Kier alpha value is -1.10. The molecular formula is C10H19N3O2. The molecule has 0 bridgehead atoms. The first-order valence-corrected chi connectivity index (χ1v) is 5.44. The molecule has 0 aromatic heterocycles.